The van der Waals surface area contributed by atoms with Crippen LogP contribution in [0.2, 0.25) is 0 Å². The molecule has 0 unspecified atom stereocenters. The lowest BCUT2D eigenvalue weighted by Crippen LogP contribution is -2.33. The summed E-state index contributed by atoms with van der Waals surface area (Å²) in [5.74, 6) is 0.392. The third kappa shape index (κ3) is 2.38. The topological polar surface area (TPSA) is 68.1 Å². The standard InChI is InChI=1S/C12H17N3O2/c1-9-4-7-13-11(10(9)15(16)17)14-8-12(2)5-3-6-12/h4,7H,3,5-6,8H2,1-2H3,(H,13,14). The quantitative estimate of drug-likeness (QED) is 0.643. The van der Waals surface area contributed by atoms with Crippen molar-refractivity contribution in [1.82, 2.24) is 4.98 Å². The monoisotopic (exact) mass is 235 g/mol. The van der Waals surface area contributed by atoms with E-state index in [1.54, 1.807) is 19.2 Å². The SMILES string of the molecule is Cc1ccnc(NCC2(C)CCC2)c1[N+](=O)[O-]. The van der Waals surface area contributed by atoms with Crippen LogP contribution in [0.1, 0.15) is 31.7 Å². The van der Waals surface area contributed by atoms with Gasteiger partial charge in [0.15, 0.2) is 0 Å². The molecule has 0 amide bonds. The van der Waals surface area contributed by atoms with Gasteiger partial charge in [-0.2, -0.15) is 0 Å². The maximum Gasteiger partial charge on any atom is 0.314 e. The first-order chi connectivity index (χ1) is 8.02. The van der Waals surface area contributed by atoms with Crippen LogP contribution in [-0.4, -0.2) is 16.5 Å². The minimum Gasteiger partial charge on any atom is -0.364 e. The van der Waals surface area contributed by atoms with Crippen LogP contribution in [0, 0.1) is 22.5 Å². The van der Waals surface area contributed by atoms with Gasteiger partial charge in [-0.05, 0) is 31.2 Å². The van der Waals surface area contributed by atoms with Gasteiger partial charge >= 0.3 is 5.69 Å². The summed E-state index contributed by atoms with van der Waals surface area (Å²) >= 11 is 0. The van der Waals surface area contributed by atoms with E-state index in [1.807, 2.05) is 0 Å². The van der Waals surface area contributed by atoms with E-state index in [4.69, 9.17) is 0 Å². The zero-order chi connectivity index (χ0) is 12.5. The molecule has 1 aromatic heterocycles. The van der Waals surface area contributed by atoms with E-state index in [0.29, 0.717) is 11.4 Å². The van der Waals surface area contributed by atoms with E-state index in [1.165, 1.54) is 19.3 Å². The molecule has 0 saturated heterocycles. The van der Waals surface area contributed by atoms with Gasteiger partial charge in [0.25, 0.3) is 0 Å². The van der Waals surface area contributed by atoms with Gasteiger partial charge in [-0.15, -0.1) is 0 Å². The predicted octanol–water partition coefficient (Wildman–Crippen LogP) is 2.90. The highest BCUT2D eigenvalue weighted by Crippen LogP contribution is 2.40. The first kappa shape index (κ1) is 11.8. The Morgan fingerprint density at radius 3 is 2.82 bits per heavy atom. The summed E-state index contributed by atoms with van der Waals surface area (Å²) in [4.78, 5) is 14.7. The Balaban J connectivity index is 2.15. The fourth-order valence-corrected chi connectivity index (χ4v) is 2.16. The zero-order valence-corrected chi connectivity index (χ0v) is 10.2. The molecule has 92 valence electrons. The Morgan fingerprint density at radius 1 is 1.59 bits per heavy atom. The molecule has 1 N–H and O–H groups in total. The minimum absolute atomic E-state index is 0.0930. The number of hydrogen-bond donors (Lipinski definition) is 1. The molecule has 1 saturated carbocycles. The Kier molecular flexibility index (Phi) is 3.00. The van der Waals surface area contributed by atoms with Crippen LogP contribution in [-0.2, 0) is 0 Å². The van der Waals surface area contributed by atoms with Crippen LogP contribution in [0.5, 0.6) is 0 Å². The highest BCUT2D eigenvalue weighted by Gasteiger charge is 2.32. The van der Waals surface area contributed by atoms with Crippen molar-refractivity contribution < 1.29 is 4.92 Å². The van der Waals surface area contributed by atoms with Crippen LogP contribution in [0.4, 0.5) is 11.5 Å². The van der Waals surface area contributed by atoms with Gasteiger partial charge in [-0.25, -0.2) is 4.98 Å². The van der Waals surface area contributed by atoms with Gasteiger partial charge < -0.3 is 5.32 Å². The second kappa shape index (κ2) is 4.31. The molecule has 1 heterocycles. The number of rotatable bonds is 4. The molecule has 0 bridgehead atoms. The lowest BCUT2D eigenvalue weighted by molar-refractivity contribution is -0.384. The summed E-state index contributed by atoms with van der Waals surface area (Å²) in [5, 5.41) is 14.1. The maximum atomic E-state index is 11.0. The van der Waals surface area contributed by atoms with Crippen molar-refractivity contribution in [2.45, 2.75) is 33.1 Å². The average Bonchev–Trinajstić information content (AvgIpc) is 2.23. The summed E-state index contributed by atoms with van der Waals surface area (Å²) in [6, 6.07) is 1.66. The molecule has 0 aliphatic heterocycles. The molecule has 1 fully saturated rings. The molecule has 5 nitrogen and oxygen atoms in total. The largest absolute Gasteiger partial charge is 0.364 e. The highest BCUT2D eigenvalue weighted by molar-refractivity contribution is 5.59. The number of aromatic nitrogens is 1. The first-order valence-electron chi connectivity index (χ1n) is 5.86. The van der Waals surface area contributed by atoms with E-state index >= 15 is 0 Å². The predicted molar refractivity (Wildman–Crippen MR) is 66.1 cm³/mol. The van der Waals surface area contributed by atoms with Gasteiger partial charge in [0, 0.05) is 18.3 Å². The summed E-state index contributed by atoms with van der Waals surface area (Å²) in [6.07, 6.45) is 5.22. The van der Waals surface area contributed by atoms with Crippen molar-refractivity contribution in [3.05, 3.63) is 27.9 Å². The number of hydrogen-bond acceptors (Lipinski definition) is 4. The average molecular weight is 235 g/mol. The molecule has 0 spiro atoms. The molecule has 0 aromatic carbocycles. The highest BCUT2D eigenvalue weighted by atomic mass is 16.6. The van der Waals surface area contributed by atoms with Crippen molar-refractivity contribution in [2.75, 3.05) is 11.9 Å². The summed E-state index contributed by atoms with van der Waals surface area (Å²) in [7, 11) is 0. The van der Waals surface area contributed by atoms with E-state index in [9.17, 15) is 10.1 Å². The summed E-state index contributed by atoms with van der Waals surface area (Å²) < 4.78 is 0. The fraction of sp³-hybridized carbons (Fsp3) is 0.583. The lowest BCUT2D eigenvalue weighted by Gasteiger charge is -2.38. The minimum atomic E-state index is -0.367. The van der Waals surface area contributed by atoms with E-state index < -0.39 is 0 Å². The number of anilines is 1. The normalized spacial score (nSPS) is 17.3. The van der Waals surface area contributed by atoms with Crippen LogP contribution in [0.3, 0.4) is 0 Å². The smallest absolute Gasteiger partial charge is 0.314 e. The van der Waals surface area contributed by atoms with Crippen molar-refractivity contribution in [3.8, 4) is 0 Å². The Bertz CT molecular complexity index is 441. The summed E-state index contributed by atoms with van der Waals surface area (Å²) in [5.41, 5.74) is 1.01. The Labute approximate surface area is 100 Å². The molecule has 1 aromatic rings. The number of nitro groups is 1. The fourth-order valence-electron chi connectivity index (χ4n) is 2.16. The second-order valence-electron chi connectivity index (χ2n) is 5.10. The molecule has 1 aliphatic carbocycles. The van der Waals surface area contributed by atoms with Gasteiger partial charge in [-0.1, -0.05) is 13.3 Å². The van der Waals surface area contributed by atoms with Crippen LogP contribution in [0.25, 0.3) is 0 Å². The third-order valence-corrected chi connectivity index (χ3v) is 3.55. The Morgan fingerprint density at radius 2 is 2.29 bits per heavy atom. The van der Waals surface area contributed by atoms with E-state index in [0.717, 1.165) is 6.54 Å². The molecule has 2 rings (SSSR count). The molecule has 1 aliphatic rings. The molecular formula is C12H17N3O2. The number of aryl methyl sites for hydroxylation is 1. The molecule has 17 heavy (non-hydrogen) atoms. The number of nitrogens with zero attached hydrogens (tertiary/aromatic N) is 2. The maximum absolute atomic E-state index is 11.0. The van der Waals surface area contributed by atoms with Gasteiger partial charge in [-0.3, -0.25) is 10.1 Å². The second-order valence-corrected chi connectivity index (χ2v) is 5.10. The number of pyridine rings is 1. The zero-order valence-electron chi connectivity index (χ0n) is 10.2. The third-order valence-electron chi connectivity index (χ3n) is 3.55. The Hall–Kier alpha value is -1.65. The summed E-state index contributed by atoms with van der Waals surface area (Å²) in [6.45, 7) is 4.69. The van der Waals surface area contributed by atoms with Crippen molar-refractivity contribution in [2.24, 2.45) is 5.41 Å². The first-order valence-corrected chi connectivity index (χ1v) is 5.86. The molecular weight excluding hydrogens is 218 g/mol. The molecule has 0 atom stereocenters. The van der Waals surface area contributed by atoms with E-state index in [-0.39, 0.29) is 16.0 Å². The van der Waals surface area contributed by atoms with E-state index in [2.05, 4.69) is 17.2 Å². The van der Waals surface area contributed by atoms with Crippen LogP contribution < -0.4 is 5.32 Å². The number of nitrogens with one attached hydrogen (secondary N) is 1. The van der Waals surface area contributed by atoms with Crippen molar-refractivity contribution in [1.29, 1.82) is 0 Å². The van der Waals surface area contributed by atoms with Gasteiger partial charge in [0.2, 0.25) is 5.82 Å². The molecule has 5 heteroatoms. The molecule has 0 radical (unpaired) electrons. The van der Waals surface area contributed by atoms with Crippen molar-refractivity contribution >= 4 is 11.5 Å². The van der Waals surface area contributed by atoms with Gasteiger partial charge in [0.05, 0.1) is 4.92 Å². The van der Waals surface area contributed by atoms with Crippen LogP contribution >= 0.6 is 0 Å². The van der Waals surface area contributed by atoms with Crippen molar-refractivity contribution in [3.63, 3.8) is 0 Å². The van der Waals surface area contributed by atoms with Gasteiger partial charge in [0.1, 0.15) is 0 Å². The lowest BCUT2D eigenvalue weighted by atomic mass is 9.70. The van der Waals surface area contributed by atoms with Crippen LogP contribution in [0.15, 0.2) is 12.3 Å².